The number of carbonyl (C=O) groups is 1. The molecule has 0 saturated heterocycles. The monoisotopic (exact) mass is 310 g/mol. The molecule has 6 heteroatoms. The fourth-order valence-corrected chi connectivity index (χ4v) is 3.00. The second-order valence-corrected chi connectivity index (χ2v) is 5.49. The summed E-state index contributed by atoms with van der Waals surface area (Å²) in [5.41, 5.74) is 3.04. The number of carbonyl (C=O) groups excluding carboxylic acids is 1. The Balaban J connectivity index is 2.59. The van der Waals surface area contributed by atoms with Crippen molar-refractivity contribution >= 4 is 29.3 Å². The zero-order valence-electron chi connectivity index (χ0n) is 11.7. The van der Waals surface area contributed by atoms with Crippen LogP contribution >= 0.6 is 23.4 Å². The third kappa shape index (κ3) is 2.55. The van der Waals surface area contributed by atoms with E-state index in [0.717, 1.165) is 21.8 Å². The Morgan fingerprint density at radius 1 is 1.45 bits per heavy atom. The van der Waals surface area contributed by atoms with Gasteiger partial charge in [-0.15, -0.1) is 11.8 Å². The Bertz CT molecular complexity index is 667. The van der Waals surface area contributed by atoms with Gasteiger partial charge in [0.15, 0.2) is 0 Å². The van der Waals surface area contributed by atoms with Gasteiger partial charge in [0.05, 0.1) is 18.4 Å². The van der Waals surface area contributed by atoms with Crippen molar-refractivity contribution in [3.8, 4) is 11.3 Å². The number of nitrogens with zero attached hydrogens (tertiary/aromatic N) is 2. The first-order valence-corrected chi connectivity index (χ1v) is 7.55. The van der Waals surface area contributed by atoms with E-state index in [9.17, 15) is 4.79 Å². The lowest BCUT2D eigenvalue weighted by atomic mass is 10.0. The van der Waals surface area contributed by atoms with Gasteiger partial charge in [0.25, 0.3) is 0 Å². The lowest BCUT2D eigenvalue weighted by molar-refractivity contribution is 0.0600. The normalized spacial score (nSPS) is 10.7. The molecule has 20 heavy (non-hydrogen) atoms. The Labute approximate surface area is 127 Å². The largest absolute Gasteiger partial charge is 0.465 e. The van der Waals surface area contributed by atoms with E-state index in [1.165, 1.54) is 18.9 Å². The molecule has 0 saturated carbocycles. The van der Waals surface area contributed by atoms with Crippen molar-refractivity contribution < 1.29 is 9.53 Å². The summed E-state index contributed by atoms with van der Waals surface area (Å²) in [5.74, 6) is -0.354. The second kappa shape index (κ2) is 5.89. The maximum Gasteiger partial charge on any atom is 0.338 e. The highest BCUT2D eigenvalue weighted by molar-refractivity contribution is 7.98. The number of hydrogen-bond donors (Lipinski definition) is 0. The summed E-state index contributed by atoms with van der Waals surface area (Å²) >= 11 is 7.84. The van der Waals surface area contributed by atoms with E-state index in [2.05, 4.69) is 5.10 Å². The van der Waals surface area contributed by atoms with Crippen LogP contribution in [0.4, 0.5) is 0 Å². The first-order valence-electron chi connectivity index (χ1n) is 5.95. The van der Waals surface area contributed by atoms with Crippen LogP contribution in [0.25, 0.3) is 11.3 Å². The Morgan fingerprint density at radius 2 is 2.15 bits per heavy atom. The molecule has 2 aromatic rings. The summed E-state index contributed by atoms with van der Waals surface area (Å²) in [6, 6.07) is 5.59. The quantitative estimate of drug-likeness (QED) is 0.642. The van der Waals surface area contributed by atoms with Gasteiger partial charge < -0.3 is 4.74 Å². The SMILES string of the molecule is COC(=O)c1cc(-c2c(Cl)c(SC)nn2C)ccc1C. The number of methoxy groups -OCH3 is 1. The molecule has 4 nitrogen and oxygen atoms in total. The van der Waals surface area contributed by atoms with Gasteiger partial charge in [-0.25, -0.2) is 4.79 Å². The van der Waals surface area contributed by atoms with Crippen LogP contribution in [0, 0.1) is 6.92 Å². The van der Waals surface area contributed by atoms with Gasteiger partial charge in [-0.1, -0.05) is 23.7 Å². The van der Waals surface area contributed by atoms with Crippen LogP contribution in [0.5, 0.6) is 0 Å². The minimum Gasteiger partial charge on any atom is -0.465 e. The Hall–Kier alpha value is -1.46. The van der Waals surface area contributed by atoms with Crippen LogP contribution < -0.4 is 0 Å². The molecule has 0 fully saturated rings. The second-order valence-electron chi connectivity index (χ2n) is 4.32. The highest BCUT2D eigenvalue weighted by atomic mass is 35.5. The number of rotatable bonds is 3. The zero-order valence-corrected chi connectivity index (χ0v) is 13.3. The molecule has 0 spiro atoms. The summed E-state index contributed by atoms with van der Waals surface area (Å²) < 4.78 is 6.52. The minimum absolute atomic E-state index is 0.354. The van der Waals surface area contributed by atoms with Crippen molar-refractivity contribution in [2.24, 2.45) is 7.05 Å². The van der Waals surface area contributed by atoms with Crippen LogP contribution in [-0.2, 0) is 11.8 Å². The number of esters is 1. The summed E-state index contributed by atoms with van der Waals surface area (Å²) in [6.07, 6.45) is 1.92. The van der Waals surface area contributed by atoms with Crippen LogP contribution in [0.15, 0.2) is 23.2 Å². The molecule has 0 aliphatic carbocycles. The lowest BCUT2D eigenvalue weighted by Gasteiger charge is -2.08. The van der Waals surface area contributed by atoms with Gasteiger partial charge >= 0.3 is 5.97 Å². The number of aryl methyl sites for hydroxylation is 2. The first-order chi connectivity index (χ1) is 9.49. The lowest BCUT2D eigenvalue weighted by Crippen LogP contribution is -2.04. The van der Waals surface area contributed by atoms with Crippen molar-refractivity contribution in [3.05, 3.63) is 34.3 Å². The van der Waals surface area contributed by atoms with Crippen LogP contribution in [-0.4, -0.2) is 29.1 Å². The molecule has 0 atom stereocenters. The highest BCUT2D eigenvalue weighted by Gasteiger charge is 2.18. The Kier molecular flexibility index (Phi) is 4.40. The van der Waals surface area contributed by atoms with Crippen molar-refractivity contribution in [2.75, 3.05) is 13.4 Å². The summed E-state index contributed by atoms with van der Waals surface area (Å²) in [5, 5.41) is 5.72. The van der Waals surface area contributed by atoms with Gasteiger partial charge in [-0.05, 0) is 24.8 Å². The van der Waals surface area contributed by atoms with Gasteiger partial charge in [-0.3, -0.25) is 4.68 Å². The van der Waals surface area contributed by atoms with Gasteiger partial charge in [-0.2, -0.15) is 5.10 Å². The summed E-state index contributed by atoms with van der Waals surface area (Å²) in [4.78, 5) is 11.8. The third-order valence-corrected chi connectivity index (χ3v) is 4.21. The number of thioether (sulfide) groups is 1. The van der Waals surface area contributed by atoms with Crippen LogP contribution in [0.3, 0.4) is 0 Å². The molecule has 0 N–H and O–H groups in total. The van der Waals surface area contributed by atoms with Gasteiger partial charge in [0.1, 0.15) is 10.0 Å². The van der Waals surface area contributed by atoms with E-state index in [0.29, 0.717) is 10.6 Å². The number of hydrogen-bond acceptors (Lipinski definition) is 4. The van der Waals surface area contributed by atoms with Gasteiger partial charge in [0, 0.05) is 12.6 Å². The molecular weight excluding hydrogens is 296 g/mol. The highest BCUT2D eigenvalue weighted by Crippen LogP contribution is 2.35. The molecule has 0 aliphatic heterocycles. The standard InChI is InChI=1S/C14H15ClN2O2S/c1-8-5-6-9(7-10(8)14(18)19-3)12-11(15)13(20-4)16-17(12)2/h5-7H,1-4H3. The molecular formula is C14H15ClN2O2S. The van der Waals surface area contributed by atoms with Crippen LogP contribution in [0.1, 0.15) is 15.9 Å². The van der Waals surface area contributed by atoms with Crippen LogP contribution in [0.2, 0.25) is 5.02 Å². The molecule has 1 aromatic carbocycles. The number of halogens is 1. The smallest absolute Gasteiger partial charge is 0.338 e. The minimum atomic E-state index is -0.354. The van der Waals surface area contributed by atoms with E-state index in [-0.39, 0.29) is 5.97 Å². The summed E-state index contributed by atoms with van der Waals surface area (Å²) in [7, 11) is 3.20. The topological polar surface area (TPSA) is 44.1 Å². The fourth-order valence-electron chi connectivity index (χ4n) is 2.02. The molecule has 2 rings (SSSR count). The predicted molar refractivity (Wildman–Crippen MR) is 81.5 cm³/mol. The molecule has 1 aromatic heterocycles. The summed E-state index contributed by atoms with van der Waals surface area (Å²) in [6.45, 7) is 1.87. The van der Waals surface area contributed by atoms with Gasteiger partial charge in [0.2, 0.25) is 0 Å². The maximum atomic E-state index is 11.8. The van der Waals surface area contributed by atoms with E-state index in [1.54, 1.807) is 10.7 Å². The third-order valence-electron chi connectivity index (χ3n) is 3.07. The van der Waals surface area contributed by atoms with Crippen molar-refractivity contribution in [1.29, 1.82) is 0 Å². The van der Waals surface area contributed by atoms with E-state index in [4.69, 9.17) is 16.3 Å². The first kappa shape index (κ1) is 14.9. The molecule has 106 valence electrons. The zero-order chi connectivity index (χ0) is 14.9. The number of ether oxygens (including phenoxy) is 1. The maximum absolute atomic E-state index is 11.8. The fraction of sp³-hybridized carbons (Fsp3) is 0.286. The predicted octanol–water partition coefficient (Wildman–Crippen LogP) is 3.56. The number of benzene rings is 1. The van der Waals surface area contributed by atoms with E-state index < -0.39 is 0 Å². The van der Waals surface area contributed by atoms with Crippen molar-refractivity contribution in [1.82, 2.24) is 9.78 Å². The van der Waals surface area contributed by atoms with Crippen molar-refractivity contribution in [3.63, 3.8) is 0 Å². The average Bonchev–Trinajstić information content (AvgIpc) is 2.73. The molecule has 0 radical (unpaired) electrons. The van der Waals surface area contributed by atoms with E-state index in [1.807, 2.05) is 32.4 Å². The van der Waals surface area contributed by atoms with E-state index >= 15 is 0 Å². The molecule has 0 unspecified atom stereocenters. The number of aromatic nitrogens is 2. The van der Waals surface area contributed by atoms with Crippen molar-refractivity contribution in [2.45, 2.75) is 11.9 Å². The molecule has 0 aliphatic rings. The molecule has 0 bridgehead atoms. The average molecular weight is 311 g/mol. The molecule has 0 amide bonds. The molecule has 1 heterocycles. The Morgan fingerprint density at radius 3 is 2.70 bits per heavy atom.